The molecule has 4 rings (SSSR count). The Morgan fingerprint density at radius 1 is 1.36 bits per heavy atom. The minimum Gasteiger partial charge on any atom is -0.338 e. The summed E-state index contributed by atoms with van der Waals surface area (Å²) in [4.78, 5) is 27.5. The summed E-state index contributed by atoms with van der Waals surface area (Å²) >= 11 is 1.61. The van der Waals surface area contributed by atoms with Gasteiger partial charge in [-0.3, -0.25) is 14.0 Å². The van der Waals surface area contributed by atoms with Crippen molar-refractivity contribution in [1.82, 2.24) is 19.1 Å². The molecular formula is C18H22N4O2S. The Balaban J connectivity index is 1.76. The van der Waals surface area contributed by atoms with E-state index in [1.165, 1.54) is 4.68 Å². The van der Waals surface area contributed by atoms with Crippen molar-refractivity contribution in [3.63, 3.8) is 0 Å². The molecule has 1 amide bonds. The number of hydrogen-bond donors (Lipinski definition) is 0. The Morgan fingerprint density at radius 3 is 2.96 bits per heavy atom. The molecule has 0 spiro atoms. The van der Waals surface area contributed by atoms with Gasteiger partial charge in [0.1, 0.15) is 17.9 Å². The van der Waals surface area contributed by atoms with Gasteiger partial charge in [-0.05, 0) is 43.7 Å². The molecule has 7 heteroatoms. The molecule has 0 radical (unpaired) electrons. The lowest BCUT2D eigenvalue weighted by Gasteiger charge is -2.33. The molecule has 0 bridgehead atoms. The van der Waals surface area contributed by atoms with E-state index in [9.17, 15) is 9.59 Å². The SMILES string of the molecule is CCc1nn(CC(=O)N2CCCC[C@H]2C)c(=O)c2cc3sccc3n12. The molecule has 132 valence electrons. The smallest absolute Gasteiger partial charge is 0.291 e. The second kappa shape index (κ2) is 6.29. The minimum absolute atomic E-state index is 0.0124. The third kappa shape index (κ3) is 2.66. The first kappa shape index (κ1) is 16.3. The number of nitrogens with zero attached hydrogens (tertiary/aromatic N) is 4. The van der Waals surface area contributed by atoms with Crippen molar-refractivity contribution in [3.05, 3.63) is 33.7 Å². The normalized spacial score (nSPS) is 18.3. The Labute approximate surface area is 149 Å². The molecule has 0 N–H and O–H groups in total. The van der Waals surface area contributed by atoms with Gasteiger partial charge in [0.05, 0.1) is 10.2 Å². The summed E-state index contributed by atoms with van der Waals surface area (Å²) < 4.78 is 4.35. The summed E-state index contributed by atoms with van der Waals surface area (Å²) in [5.41, 5.74) is 1.43. The van der Waals surface area contributed by atoms with Gasteiger partial charge in [-0.1, -0.05) is 6.92 Å². The van der Waals surface area contributed by atoms with Gasteiger partial charge in [0.15, 0.2) is 0 Å². The fourth-order valence-corrected chi connectivity index (χ4v) is 4.55. The topological polar surface area (TPSA) is 59.6 Å². The van der Waals surface area contributed by atoms with Crippen LogP contribution in [0, 0.1) is 0 Å². The standard InChI is InChI=1S/C18H22N4O2S/c1-3-16-19-21(11-17(23)20-8-5-4-6-12(20)2)18(24)14-10-15-13(22(14)16)7-9-25-15/h7,9-10,12H,3-6,8,11H2,1-2H3/t12-/m1/s1. The first-order chi connectivity index (χ1) is 12.1. The van der Waals surface area contributed by atoms with E-state index < -0.39 is 0 Å². The summed E-state index contributed by atoms with van der Waals surface area (Å²) in [6.07, 6.45) is 3.93. The van der Waals surface area contributed by atoms with E-state index in [1.807, 2.05) is 33.7 Å². The highest BCUT2D eigenvalue weighted by molar-refractivity contribution is 7.17. The highest BCUT2D eigenvalue weighted by Gasteiger charge is 2.24. The Bertz CT molecular complexity index is 1000. The summed E-state index contributed by atoms with van der Waals surface area (Å²) in [5.74, 6) is 0.795. The van der Waals surface area contributed by atoms with Gasteiger partial charge in [-0.2, -0.15) is 5.10 Å². The minimum atomic E-state index is -0.196. The van der Waals surface area contributed by atoms with E-state index in [4.69, 9.17) is 0 Å². The van der Waals surface area contributed by atoms with Crippen molar-refractivity contribution in [1.29, 1.82) is 0 Å². The molecule has 4 heterocycles. The third-order valence-corrected chi connectivity index (χ3v) is 5.95. The van der Waals surface area contributed by atoms with E-state index in [-0.39, 0.29) is 24.1 Å². The van der Waals surface area contributed by atoms with E-state index in [2.05, 4.69) is 12.0 Å². The van der Waals surface area contributed by atoms with E-state index in [0.717, 1.165) is 41.8 Å². The molecule has 0 unspecified atom stereocenters. The number of likely N-dealkylation sites (tertiary alicyclic amines) is 1. The van der Waals surface area contributed by atoms with Gasteiger partial charge in [0, 0.05) is 19.0 Å². The second-order valence-electron chi connectivity index (χ2n) is 6.70. The van der Waals surface area contributed by atoms with Crippen LogP contribution < -0.4 is 5.56 Å². The molecule has 1 fully saturated rings. The highest BCUT2D eigenvalue weighted by atomic mass is 32.1. The predicted octanol–water partition coefficient (Wildman–Crippen LogP) is 2.67. The predicted molar refractivity (Wildman–Crippen MR) is 99.2 cm³/mol. The average molecular weight is 358 g/mol. The van der Waals surface area contributed by atoms with Crippen LogP contribution in [0.3, 0.4) is 0 Å². The van der Waals surface area contributed by atoms with E-state index >= 15 is 0 Å². The van der Waals surface area contributed by atoms with Gasteiger partial charge in [0.25, 0.3) is 5.56 Å². The van der Waals surface area contributed by atoms with Crippen molar-refractivity contribution in [2.75, 3.05) is 6.54 Å². The number of fused-ring (bicyclic) bond motifs is 3. The maximum absolute atomic E-state index is 12.9. The number of rotatable bonds is 3. The summed E-state index contributed by atoms with van der Waals surface area (Å²) in [5, 5.41) is 6.52. The summed E-state index contributed by atoms with van der Waals surface area (Å²) in [6, 6.07) is 4.16. The molecule has 25 heavy (non-hydrogen) atoms. The second-order valence-corrected chi connectivity index (χ2v) is 7.65. The fraction of sp³-hybridized carbons (Fsp3) is 0.500. The van der Waals surface area contributed by atoms with Crippen LogP contribution in [0.4, 0.5) is 0 Å². The number of carbonyl (C=O) groups is 1. The fourth-order valence-electron chi connectivity index (χ4n) is 3.75. The molecule has 3 aromatic rings. The number of carbonyl (C=O) groups excluding carboxylic acids is 1. The molecule has 1 aliphatic rings. The lowest BCUT2D eigenvalue weighted by molar-refractivity contribution is -0.135. The van der Waals surface area contributed by atoms with Gasteiger partial charge in [0.2, 0.25) is 5.91 Å². The van der Waals surface area contributed by atoms with Crippen LogP contribution in [0.5, 0.6) is 0 Å². The molecule has 1 aliphatic heterocycles. The number of thiophene rings is 1. The van der Waals surface area contributed by atoms with Crippen LogP contribution >= 0.6 is 11.3 Å². The third-order valence-electron chi connectivity index (χ3n) is 5.10. The van der Waals surface area contributed by atoms with Gasteiger partial charge in [-0.15, -0.1) is 11.3 Å². The van der Waals surface area contributed by atoms with Crippen molar-refractivity contribution in [2.24, 2.45) is 0 Å². The lowest BCUT2D eigenvalue weighted by Crippen LogP contribution is -2.45. The van der Waals surface area contributed by atoms with E-state index in [0.29, 0.717) is 11.9 Å². The van der Waals surface area contributed by atoms with Crippen molar-refractivity contribution in [3.8, 4) is 0 Å². The van der Waals surface area contributed by atoms with Crippen LogP contribution in [0.2, 0.25) is 0 Å². The van der Waals surface area contributed by atoms with Crippen LogP contribution in [-0.4, -0.2) is 37.6 Å². The molecular weight excluding hydrogens is 336 g/mol. The van der Waals surface area contributed by atoms with Crippen LogP contribution in [-0.2, 0) is 17.8 Å². The molecule has 1 saturated heterocycles. The first-order valence-corrected chi connectivity index (χ1v) is 9.76. The average Bonchev–Trinajstić information content (AvgIpc) is 3.19. The largest absolute Gasteiger partial charge is 0.338 e. The molecule has 0 saturated carbocycles. The maximum Gasteiger partial charge on any atom is 0.291 e. The highest BCUT2D eigenvalue weighted by Crippen LogP contribution is 2.24. The Hall–Kier alpha value is -2.15. The molecule has 0 aliphatic carbocycles. The number of hydrogen-bond acceptors (Lipinski definition) is 4. The molecule has 0 aromatic carbocycles. The Kier molecular flexibility index (Phi) is 4.11. The lowest BCUT2D eigenvalue weighted by atomic mass is 10.0. The van der Waals surface area contributed by atoms with Crippen LogP contribution in [0.1, 0.15) is 38.9 Å². The monoisotopic (exact) mass is 358 g/mol. The van der Waals surface area contributed by atoms with Crippen LogP contribution in [0.15, 0.2) is 22.3 Å². The molecule has 3 aromatic heterocycles. The van der Waals surface area contributed by atoms with Gasteiger partial charge >= 0.3 is 0 Å². The summed E-state index contributed by atoms with van der Waals surface area (Å²) in [7, 11) is 0. The van der Waals surface area contributed by atoms with Crippen molar-refractivity contribution in [2.45, 2.75) is 52.1 Å². The van der Waals surface area contributed by atoms with E-state index in [1.54, 1.807) is 11.3 Å². The maximum atomic E-state index is 12.9. The van der Waals surface area contributed by atoms with Gasteiger partial charge in [-0.25, -0.2) is 4.68 Å². The molecule has 1 atom stereocenters. The number of piperidine rings is 1. The number of aryl methyl sites for hydroxylation is 1. The zero-order valence-electron chi connectivity index (χ0n) is 14.6. The summed E-state index contributed by atoms with van der Waals surface area (Å²) in [6.45, 7) is 4.89. The number of aromatic nitrogens is 3. The van der Waals surface area contributed by atoms with Gasteiger partial charge < -0.3 is 4.90 Å². The number of amides is 1. The quantitative estimate of drug-likeness (QED) is 0.723. The first-order valence-electron chi connectivity index (χ1n) is 8.88. The van der Waals surface area contributed by atoms with Crippen molar-refractivity contribution >= 4 is 33.0 Å². The van der Waals surface area contributed by atoms with Crippen LogP contribution in [0.25, 0.3) is 15.7 Å². The zero-order valence-corrected chi connectivity index (χ0v) is 15.4. The molecule has 6 nitrogen and oxygen atoms in total. The Morgan fingerprint density at radius 2 is 2.20 bits per heavy atom. The van der Waals surface area contributed by atoms with Crippen molar-refractivity contribution < 1.29 is 4.79 Å². The zero-order chi connectivity index (χ0) is 17.6.